The van der Waals surface area contributed by atoms with Crippen LogP contribution in [0, 0.1) is 5.82 Å². The van der Waals surface area contributed by atoms with E-state index in [0.29, 0.717) is 31.2 Å². The van der Waals surface area contributed by atoms with Gasteiger partial charge in [0.1, 0.15) is 11.6 Å². The van der Waals surface area contributed by atoms with Gasteiger partial charge in [-0.05, 0) is 37.6 Å². The van der Waals surface area contributed by atoms with E-state index >= 15 is 0 Å². The van der Waals surface area contributed by atoms with E-state index in [4.69, 9.17) is 4.74 Å². The van der Waals surface area contributed by atoms with Crippen LogP contribution in [0.25, 0.3) is 0 Å². The fraction of sp³-hybridized carbons (Fsp3) is 0.316. The molecule has 0 atom stereocenters. The second-order valence-electron chi connectivity index (χ2n) is 5.22. The van der Waals surface area contributed by atoms with Gasteiger partial charge in [0.05, 0.1) is 13.2 Å². The highest BCUT2D eigenvalue weighted by Crippen LogP contribution is 2.14. The van der Waals surface area contributed by atoms with Crippen molar-refractivity contribution in [3.8, 4) is 5.75 Å². The average Bonchev–Trinajstić information content (AvgIpc) is 2.59. The Morgan fingerprint density at radius 2 is 1.88 bits per heavy atom. The summed E-state index contributed by atoms with van der Waals surface area (Å²) >= 11 is 0. The van der Waals surface area contributed by atoms with E-state index in [1.54, 1.807) is 12.1 Å². The van der Waals surface area contributed by atoms with E-state index in [-0.39, 0.29) is 29.8 Å². The zero-order chi connectivity index (χ0) is 17.2. The van der Waals surface area contributed by atoms with Crippen LogP contribution in [0.4, 0.5) is 4.39 Å². The molecule has 0 aliphatic carbocycles. The van der Waals surface area contributed by atoms with Crippen LogP contribution in [0.5, 0.6) is 5.75 Å². The molecule has 0 saturated carbocycles. The van der Waals surface area contributed by atoms with Gasteiger partial charge in [0.2, 0.25) is 0 Å². The molecule has 2 rings (SSSR count). The van der Waals surface area contributed by atoms with Gasteiger partial charge in [-0.25, -0.2) is 9.38 Å². The minimum Gasteiger partial charge on any atom is -0.494 e. The highest BCUT2D eigenvalue weighted by Gasteiger charge is 2.03. The van der Waals surface area contributed by atoms with E-state index in [0.717, 1.165) is 17.9 Å². The average molecular weight is 457 g/mol. The summed E-state index contributed by atoms with van der Waals surface area (Å²) in [5.41, 5.74) is 1.67. The van der Waals surface area contributed by atoms with Crippen molar-refractivity contribution in [2.45, 2.75) is 26.9 Å². The van der Waals surface area contributed by atoms with Crippen LogP contribution in [0.15, 0.2) is 53.5 Å². The minimum absolute atomic E-state index is 0. The predicted molar refractivity (Wildman–Crippen MR) is 111 cm³/mol. The number of nitrogens with one attached hydrogen (secondary N) is 2. The summed E-state index contributed by atoms with van der Waals surface area (Å²) in [6.07, 6.45) is 0. The van der Waals surface area contributed by atoms with Crippen molar-refractivity contribution >= 4 is 29.9 Å². The fourth-order valence-corrected chi connectivity index (χ4v) is 2.23. The van der Waals surface area contributed by atoms with Gasteiger partial charge in [-0.3, -0.25) is 0 Å². The first-order valence-electron chi connectivity index (χ1n) is 8.20. The molecule has 0 radical (unpaired) electrons. The van der Waals surface area contributed by atoms with Gasteiger partial charge < -0.3 is 15.4 Å². The second kappa shape index (κ2) is 11.7. The summed E-state index contributed by atoms with van der Waals surface area (Å²) < 4.78 is 19.2. The largest absolute Gasteiger partial charge is 0.494 e. The van der Waals surface area contributed by atoms with Crippen LogP contribution in [0.2, 0.25) is 0 Å². The SMILES string of the molecule is CCNC(=NCc1cccc(OCC)c1)NCc1ccccc1F.I. The molecule has 0 aliphatic heterocycles. The molecule has 4 nitrogen and oxygen atoms in total. The predicted octanol–water partition coefficient (Wildman–Crippen LogP) is 4.10. The fourth-order valence-electron chi connectivity index (χ4n) is 2.23. The molecule has 2 aromatic rings. The number of benzene rings is 2. The minimum atomic E-state index is -0.217. The highest BCUT2D eigenvalue weighted by molar-refractivity contribution is 14.0. The molecule has 6 heteroatoms. The molecular formula is C19H25FIN3O. The third kappa shape index (κ3) is 7.29. The van der Waals surface area contributed by atoms with Crippen LogP contribution in [-0.4, -0.2) is 19.1 Å². The lowest BCUT2D eigenvalue weighted by molar-refractivity contribution is 0.340. The summed E-state index contributed by atoms with van der Waals surface area (Å²) in [7, 11) is 0. The van der Waals surface area contributed by atoms with Gasteiger partial charge >= 0.3 is 0 Å². The van der Waals surface area contributed by atoms with Gasteiger partial charge in [-0.2, -0.15) is 0 Å². The zero-order valence-corrected chi connectivity index (χ0v) is 16.9. The first-order chi connectivity index (χ1) is 11.7. The molecule has 0 amide bonds. The molecule has 2 aromatic carbocycles. The van der Waals surface area contributed by atoms with E-state index in [9.17, 15) is 4.39 Å². The maximum Gasteiger partial charge on any atom is 0.191 e. The van der Waals surface area contributed by atoms with Gasteiger partial charge in [0.15, 0.2) is 5.96 Å². The molecular weight excluding hydrogens is 432 g/mol. The van der Waals surface area contributed by atoms with Crippen LogP contribution in [-0.2, 0) is 13.1 Å². The summed E-state index contributed by atoms with van der Waals surface area (Å²) in [5.74, 6) is 1.28. The molecule has 0 bridgehead atoms. The Morgan fingerprint density at radius 1 is 1.08 bits per heavy atom. The summed E-state index contributed by atoms with van der Waals surface area (Å²) in [6, 6.07) is 14.6. The number of nitrogens with zero attached hydrogens (tertiary/aromatic N) is 1. The molecule has 0 fully saturated rings. The van der Waals surface area contributed by atoms with Gasteiger partial charge in [-0.1, -0.05) is 30.3 Å². The third-order valence-corrected chi connectivity index (χ3v) is 3.38. The smallest absolute Gasteiger partial charge is 0.191 e. The second-order valence-corrected chi connectivity index (χ2v) is 5.22. The number of hydrogen-bond acceptors (Lipinski definition) is 2. The van der Waals surface area contributed by atoms with E-state index in [2.05, 4.69) is 15.6 Å². The zero-order valence-electron chi connectivity index (χ0n) is 14.6. The Balaban J connectivity index is 0.00000312. The first-order valence-corrected chi connectivity index (χ1v) is 8.20. The van der Waals surface area contributed by atoms with Crippen molar-refractivity contribution < 1.29 is 9.13 Å². The van der Waals surface area contributed by atoms with Crippen LogP contribution >= 0.6 is 24.0 Å². The van der Waals surface area contributed by atoms with Crippen molar-refractivity contribution in [1.29, 1.82) is 0 Å². The summed E-state index contributed by atoms with van der Waals surface area (Å²) in [5, 5.41) is 6.32. The van der Waals surface area contributed by atoms with Gasteiger partial charge in [-0.15, -0.1) is 24.0 Å². The number of rotatable bonds is 7. The van der Waals surface area contributed by atoms with E-state index < -0.39 is 0 Å². The Morgan fingerprint density at radius 3 is 2.60 bits per heavy atom. The first kappa shape index (κ1) is 21.2. The van der Waals surface area contributed by atoms with Crippen LogP contribution in [0.1, 0.15) is 25.0 Å². The van der Waals surface area contributed by atoms with Crippen molar-refractivity contribution in [2.75, 3.05) is 13.2 Å². The normalized spacial score (nSPS) is 10.8. The molecule has 0 spiro atoms. The summed E-state index contributed by atoms with van der Waals surface area (Å²) in [6.45, 7) is 6.24. The quantitative estimate of drug-likeness (QED) is 0.374. The number of hydrogen-bond donors (Lipinski definition) is 2. The number of aliphatic imine (C=N–C) groups is 1. The number of halogens is 2. The lowest BCUT2D eigenvalue weighted by atomic mass is 10.2. The van der Waals surface area contributed by atoms with Crippen molar-refractivity contribution in [3.63, 3.8) is 0 Å². The van der Waals surface area contributed by atoms with Crippen molar-refractivity contribution in [3.05, 3.63) is 65.5 Å². The molecule has 0 heterocycles. The summed E-state index contributed by atoms with van der Waals surface area (Å²) in [4.78, 5) is 4.55. The highest BCUT2D eigenvalue weighted by atomic mass is 127. The third-order valence-electron chi connectivity index (χ3n) is 3.38. The molecule has 25 heavy (non-hydrogen) atoms. The maximum absolute atomic E-state index is 13.7. The molecule has 0 unspecified atom stereocenters. The monoisotopic (exact) mass is 457 g/mol. The number of guanidine groups is 1. The Labute approximate surface area is 165 Å². The Kier molecular flexibility index (Phi) is 9.91. The van der Waals surface area contributed by atoms with Crippen molar-refractivity contribution in [1.82, 2.24) is 10.6 Å². The molecule has 0 aromatic heterocycles. The Hall–Kier alpha value is -1.83. The molecule has 136 valence electrons. The lowest BCUT2D eigenvalue weighted by Crippen LogP contribution is -2.37. The molecule has 2 N–H and O–H groups in total. The number of ether oxygens (including phenoxy) is 1. The topological polar surface area (TPSA) is 45.7 Å². The molecule has 0 aliphatic rings. The van der Waals surface area contributed by atoms with Crippen LogP contribution < -0.4 is 15.4 Å². The molecule has 0 saturated heterocycles. The van der Waals surface area contributed by atoms with Gasteiger partial charge in [0.25, 0.3) is 0 Å². The van der Waals surface area contributed by atoms with E-state index in [1.165, 1.54) is 6.07 Å². The van der Waals surface area contributed by atoms with Crippen molar-refractivity contribution in [2.24, 2.45) is 4.99 Å². The standard InChI is InChI=1S/C19H24FN3O.HI/c1-3-21-19(23-14-16-9-5-6-11-18(16)20)22-13-15-8-7-10-17(12-15)24-4-2;/h5-12H,3-4,13-14H2,1-2H3,(H2,21,22,23);1H. The van der Waals surface area contributed by atoms with Gasteiger partial charge in [0, 0.05) is 18.7 Å². The van der Waals surface area contributed by atoms with E-state index in [1.807, 2.05) is 44.2 Å². The lowest BCUT2D eigenvalue weighted by Gasteiger charge is -2.12. The van der Waals surface area contributed by atoms with Crippen LogP contribution in [0.3, 0.4) is 0 Å². The Bertz CT molecular complexity index is 679. The maximum atomic E-state index is 13.7.